The number of aromatic nitrogens is 1. The first kappa shape index (κ1) is 10.2. The number of hydrogen-bond donors (Lipinski definition) is 1. The fourth-order valence-electron chi connectivity index (χ4n) is 2.08. The van der Waals surface area contributed by atoms with Gasteiger partial charge in [-0.05, 0) is 18.2 Å². The van der Waals surface area contributed by atoms with Crippen molar-refractivity contribution in [1.29, 1.82) is 0 Å². The van der Waals surface area contributed by atoms with Gasteiger partial charge >= 0.3 is 10.9 Å². The summed E-state index contributed by atoms with van der Waals surface area (Å²) in [5, 5.41) is 1.84. The highest BCUT2D eigenvalue weighted by Crippen LogP contribution is 2.17. The maximum absolute atomic E-state index is 11.4. The molecular weight excluding hydrogens is 234 g/mol. The Labute approximate surface area is 100 Å². The fraction of sp³-hybridized carbons (Fsp3) is 0. The molecule has 3 aromatic rings. The molecule has 0 atom stereocenters. The third-order valence-electron chi connectivity index (χ3n) is 2.80. The predicted molar refractivity (Wildman–Crippen MR) is 67.4 cm³/mol. The molecule has 0 aliphatic rings. The van der Waals surface area contributed by atoms with Crippen LogP contribution in [0, 0.1) is 0 Å². The minimum Gasteiger partial charge on any atom is -0.166 e. The smallest absolute Gasteiger partial charge is 0.166 e. The summed E-state index contributed by atoms with van der Waals surface area (Å²) in [4.78, 5) is 0. The molecule has 1 heterocycles. The van der Waals surface area contributed by atoms with E-state index in [1.54, 1.807) is 0 Å². The zero-order valence-corrected chi connectivity index (χ0v) is 9.80. The quantitative estimate of drug-likeness (QED) is 0.401. The molecule has 0 spiro atoms. The Morgan fingerprint density at radius 3 is 1.71 bits per heavy atom. The van der Waals surface area contributed by atoms with Crippen LogP contribution < -0.4 is 3.97 Å². The monoisotopic (exact) mass is 244 g/mol. The van der Waals surface area contributed by atoms with E-state index in [0.29, 0.717) is 11.0 Å². The zero-order chi connectivity index (χ0) is 11.8. The Morgan fingerprint density at radius 2 is 1.24 bits per heavy atom. The molecule has 3 nitrogen and oxygen atoms in total. The molecule has 0 saturated heterocycles. The van der Waals surface area contributed by atoms with Crippen LogP contribution in [-0.2, 0) is 10.9 Å². The third kappa shape index (κ3) is 1.57. The molecule has 1 aromatic heterocycles. The first-order chi connectivity index (χ1) is 8.27. The van der Waals surface area contributed by atoms with Gasteiger partial charge in [0.1, 0.15) is 0 Å². The molecule has 0 amide bonds. The van der Waals surface area contributed by atoms with Crippen molar-refractivity contribution in [2.45, 2.75) is 0 Å². The largest absolute Gasteiger partial charge is 0.360 e. The van der Waals surface area contributed by atoms with Crippen molar-refractivity contribution in [2.24, 2.45) is 0 Å². The SMILES string of the molecule is O=[SH](=O)[n+]1c2ccccc2cc2ccccc21. The molecule has 4 heteroatoms. The van der Waals surface area contributed by atoms with Gasteiger partial charge in [0, 0.05) is 22.9 Å². The van der Waals surface area contributed by atoms with Crippen LogP contribution in [-0.4, -0.2) is 8.42 Å². The van der Waals surface area contributed by atoms with Crippen molar-refractivity contribution in [3.8, 4) is 0 Å². The van der Waals surface area contributed by atoms with Gasteiger partial charge in [0.15, 0.2) is 0 Å². The number of hydrogen-bond acceptors (Lipinski definition) is 2. The Bertz CT molecular complexity index is 732. The second-order valence-electron chi connectivity index (χ2n) is 3.81. The van der Waals surface area contributed by atoms with Gasteiger partial charge < -0.3 is 0 Å². The lowest BCUT2D eigenvalue weighted by atomic mass is 10.1. The van der Waals surface area contributed by atoms with E-state index in [-0.39, 0.29) is 0 Å². The van der Waals surface area contributed by atoms with Crippen LogP contribution in [0.3, 0.4) is 0 Å². The number of pyridine rings is 1. The molecule has 0 N–H and O–H groups in total. The lowest BCUT2D eigenvalue weighted by molar-refractivity contribution is -0.442. The Hall–Kier alpha value is -1.94. The topological polar surface area (TPSA) is 38.0 Å². The maximum atomic E-state index is 11.4. The van der Waals surface area contributed by atoms with Gasteiger partial charge in [-0.3, -0.25) is 0 Å². The first-order valence-corrected chi connectivity index (χ1v) is 6.37. The first-order valence-electron chi connectivity index (χ1n) is 5.24. The highest BCUT2D eigenvalue weighted by atomic mass is 32.2. The molecule has 0 saturated carbocycles. The molecule has 2 aromatic carbocycles. The van der Waals surface area contributed by atoms with Crippen LogP contribution in [0.4, 0.5) is 0 Å². The van der Waals surface area contributed by atoms with Crippen LogP contribution >= 0.6 is 0 Å². The van der Waals surface area contributed by atoms with Crippen molar-refractivity contribution in [3.63, 3.8) is 0 Å². The molecule has 0 radical (unpaired) electrons. The Kier molecular flexibility index (Phi) is 2.30. The van der Waals surface area contributed by atoms with Gasteiger partial charge in [0.05, 0.1) is 0 Å². The van der Waals surface area contributed by atoms with Crippen molar-refractivity contribution in [3.05, 3.63) is 54.6 Å². The predicted octanol–water partition coefficient (Wildman–Crippen LogP) is 1.65. The van der Waals surface area contributed by atoms with Gasteiger partial charge in [0.2, 0.25) is 11.0 Å². The normalized spacial score (nSPS) is 11.4. The summed E-state index contributed by atoms with van der Waals surface area (Å²) in [5.74, 6) is 0. The van der Waals surface area contributed by atoms with Crippen LogP contribution in [0.25, 0.3) is 21.8 Å². The van der Waals surface area contributed by atoms with Crippen molar-refractivity contribution in [1.82, 2.24) is 0 Å². The number of para-hydroxylation sites is 2. The summed E-state index contributed by atoms with van der Waals surface area (Å²) in [5.41, 5.74) is 1.42. The minimum atomic E-state index is -2.68. The highest BCUT2D eigenvalue weighted by Gasteiger charge is 2.15. The van der Waals surface area contributed by atoms with Gasteiger partial charge in [-0.1, -0.05) is 28.2 Å². The van der Waals surface area contributed by atoms with E-state index >= 15 is 0 Å². The number of benzene rings is 2. The molecule has 84 valence electrons. The van der Waals surface area contributed by atoms with Crippen LogP contribution in [0.15, 0.2) is 54.6 Å². The van der Waals surface area contributed by atoms with Gasteiger partial charge in [0.25, 0.3) is 0 Å². The molecule has 17 heavy (non-hydrogen) atoms. The van der Waals surface area contributed by atoms with Crippen molar-refractivity contribution < 1.29 is 12.4 Å². The summed E-state index contributed by atoms with van der Waals surface area (Å²) in [6.45, 7) is 0. The molecule has 0 aliphatic carbocycles. The van der Waals surface area contributed by atoms with Crippen molar-refractivity contribution >= 4 is 32.7 Å². The van der Waals surface area contributed by atoms with E-state index in [2.05, 4.69) is 0 Å². The zero-order valence-electron chi connectivity index (χ0n) is 8.91. The van der Waals surface area contributed by atoms with E-state index in [9.17, 15) is 8.42 Å². The van der Waals surface area contributed by atoms with E-state index in [1.165, 1.54) is 3.97 Å². The van der Waals surface area contributed by atoms with E-state index in [1.807, 2.05) is 54.6 Å². The maximum Gasteiger partial charge on any atom is 0.360 e. The average molecular weight is 244 g/mol. The van der Waals surface area contributed by atoms with Crippen LogP contribution in [0.2, 0.25) is 0 Å². The van der Waals surface area contributed by atoms with Gasteiger partial charge in [-0.15, -0.1) is 0 Å². The molecule has 0 aliphatic heterocycles. The summed E-state index contributed by atoms with van der Waals surface area (Å²) in [6, 6.07) is 16.9. The highest BCUT2D eigenvalue weighted by molar-refractivity contribution is 7.65. The van der Waals surface area contributed by atoms with Gasteiger partial charge in [-0.25, -0.2) is 0 Å². The fourth-order valence-corrected chi connectivity index (χ4v) is 2.79. The van der Waals surface area contributed by atoms with Crippen molar-refractivity contribution in [2.75, 3.05) is 0 Å². The second-order valence-corrected chi connectivity index (χ2v) is 4.69. The number of thiol groups is 1. The standard InChI is InChI=1S/C13H10NO2S/c15-17(16)14-12-7-3-1-5-10(12)9-11-6-2-4-8-13(11)14/h1-9,17H/q+1. The lowest BCUT2D eigenvalue weighted by Crippen LogP contribution is -2.34. The molecule has 0 bridgehead atoms. The van der Waals surface area contributed by atoms with Crippen LogP contribution in [0.5, 0.6) is 0 Å². The lowest BCUT2D eigenvalue weighted by Gasteiger charge is -1.99. The molecular formula is C13H10NO2S+. The molecule has 0 unspecified atom stereocenters. The minimum absolute atomic E-state index is 0.710. The molecule has 3 rings (SSSR count). The van der Waals surface area contributed by atoms with E-state index in [0.717, 1.165) is 10.8 Å². The molecule has 0 fully saturated rings. The number of rotatable bonds is 1. The number of fused-ring (bicyclic) bond motifs is 2. The number of nitrogens with zero attached hydrogens (tertiary/aromatic N) is 1. The third-order valence-corrected chi connectivity index (χ3v) is 3.56. The Balaban J connectivity index is 2.65. The summed E-state index contributed by atoms with van der Waals surface area (Å²) >= 11 is 0. The summed E-state index contributed by atoms with van der Waals surface area (Å²) in [7, 11) is -2.68. The summed E-state index contributed by atoms with van der Waals surface area (Å²) < 4.78 is 24.2. The Morgan fingerprint density at radius 1 is 0.765 bits per heavy atom. The average Bonchev–Trinajstić information content (AvgIpc) is 2.35. The second kappa shape index (κ2) is 3.82. The summed E-state index contributed by atoms with van der Waals surface area (Å²) in [6.07, 6.45) is 0. The van der Waals surface area contributed by atoms with Crippen LogP contribution in [0.1, 0.15) is 0 Å². The van der Waals surface area contributed by atoms with E-state index in [4.69, 9.17) is 0 Å². The van der Waals surface area contributed by atoms with Gasteiger partial charge in [-0.2, -0.15) is 8.42 Å². The van der Waals surface area contributed by atoms with E-state index < -0.39 is 10.9 Å².